The van der Waals surface area contributed by atoms with Gasteiger partial charge < -0.3 is 29.2 Å². The Balaban J connectivity index is 1.25. The molecule has 1 saturated heterocycles. The van der Waals surface area contributed by atoms with Crippen LogP contribution < -0.4 is 10.6 Å². The van der Waals surface area contributed by atoms with Gasteiger partial charge in [0.05, 0.1) is 23.8 Å². The molecule has 0 radical (unpaired) electrons. The van der Waals surface area contributed by atoms with Crippen molar-refractivity contribution in [2.75, 3.05) is 25.5 Å². The largest absolute Gasteiger partial charge is 0.406 e. The highest BCUT2D eigenvalue weighted by molar-refractivity contribution is 5.96. The second kappa shape index (κ2) is 10.8. The van der Waals surface area contributed by atoms with Gasteiger partial charge in [0.25, 0.3) is 5.91 Å². The van der Waals surface area contributed by atoms with Crippen molar-refractivity contribution in [1.82, 2.24) is 34.5 Å². The first kappa shape index (κ1) is 27.2. The summed E-state index contributed by atoms with van der Waals surface area (Å²) in [7, 11) is 1.85. The molecule has 2 N–H and O–H groups in total. The molecule has 6 rings (SSSR count). The third kappa shape index (κ3) is 5.78. The average Bonchev–Trinajstić information content (AvgIpc) is 3.66. The van der Waals surface area contributed by atoms with Gasteiger partial charge in [-0.05, 0) is 44.5 Å². The van der Waals surface area contributed by atoms with Crippen LogP contribution in [0, 0.1) is 0 Å². The molecule has 14 heteroatoms. The van der Waals surface area contributed by atoms with E-state index in [9.17, 15) is 22.4 Å². The summed E-state index contributed by atoms with van der Waals surface area (Å²) in [4.78, 5) is 23.2. The second-order valence-corrected chi connectivity index (χ2v) is 10.7. The number of alkyl halides is 4. The maximum absolute atomic E-state index is 14.7. The smallest absolute Gasteiger partial charge is 0.379 e. The van der Waals surface area contributed by atoms with Crippen molar-refractivity contribution in [2.24, 2.45) is 0 Å². The van der Waals surface area contributed by atoms with Crippen molar-refractivity contribution in [3.63, 3.8) is 0 Å². The molecule has 0 unspecified atom stereocenters. The Morgan fingerprint density at radius 3 is 2.83 bits per heavy atom. The molecule has 218 valence electrons. The summed E-state index contributed by atoms with van der Waals surface area (Å²) >= 11 is 0. The van der Waals surface area contributed by atoms with Crippen LogP contribution in [0.1, 0.15) is 41.5 Å². The van der Waals surface area contributed by atoms with E-state index in [0.29, 0.717) is 29.6 Å². The molecule has 0 spiro atoms. The first-order valence-electron chi connectivity index (χ1n) is 13.6. The Kier molecular flexibility index (Phi) is 7.18. The number of nitrogens with zero attached hydrogens (tertiary/aromatic N) is 6. The van der Waals surface area contributed by atoms with Crippen LogP contribution in [0.3, 0.4) is 0 Å². The molecule has 0 saturated carbocycles. The van der Waals surface area contributed by atoms with Crippen LogP contribution in [0.25, 0.3) is 22.4 Å². The second-order valence-electron chi connectivity index (χ2n) is 10.7. The lowest BCUT2D eigenvalue weighted by Gasteiger charge is -2.33. The predicted octanol–water partition coefficient (Wildman–Crippen LogP) is 4.17. The first-order valence-corrected chi connectivity index (χ1v) is 13.6. The predicted molar refractivity (Wildman–Crippen MR) is 142 cm³/mol. The number of amides is 1. The minimum atomic E-state index is -4.52. The van der Waals surface area contributed by atoms with E-state index in [1.807, 2.05) is 16.5 Å². The molecule has 1 fully saturated rings. The standard InChI is InChI=1S/C27H30F4N8O2/c1-37-10-8-19(17(28)13-37)33-18-5-4-6-21-16(18)11-22(39(21)15-27(29,30)31)25-35-24(41-36-25)12-32-26(40)20-14-38-9-3-2-7-23(38)34-20/h4-6,11,14,17,19,33H,2-3,7-10,12-13,15H2,1H3,(H,32,40)/t17-,19+/m0/s1. The van der Waals surface area contributed by atoms with Gasteiger partial charge in [0.2, 0.25) is 11.7 Å². The molecule has 2 atom stereocenters. The van der Waals surface area contributed by atoms with Gasteiger partial charge >= 0.3 is 6.18 Å². The maximum Gasteiger partial charge on any atom is 0.406 e. The van der Waals surface area contributed by atoms with E-state index < -0.39 is 30.8 Å². The van der Waals surface area contributed by atoms with Crippen LogP contribution in [0.4, 0.5) is 23.2 Å². The van der Waals surface area contributed by atoms with Gasteiger partial charge in [-0.15, -0.1) is 0 Å². The SMILES string of the molecule is CN1CC[C@@H](Nc2cccc3c2cc(-c2noc(CNC(=O)c4cn5c(n4)CCCC5)n2)n3CC(F)(F)F)[C@@H](F)C1. The lowest BCUT2D eigenvalue weighted by molar-refractivity contribution is -0.139. The summed E-state index contributed by atoms with van der Waals surface area (Å²) in [5.74, 6) is 0.436. The summed E-state index contributed by atoms with van der Waals surface area (Å²) in [6, 6.07) is 6.01. The highest BCUT2D eigenvalue weighted by Crippen LogP contribution is 2.35. The minimum absolute atomic E-state index is 0.0334. The number of hydrogen-bond donors (Lipinski definition) is 2. The maximum atomic E-state index is 14.7. The number of piperidine rings is 1. The fourth-order valence-electron chi connectivity index (χ4n) is 5.56. The van der Waals surface area contributed by atoms with E-state index in [2.05, 4.69) is 25.8 Å². The van der Waals surface area contributed by atoms with Crippen molar-refractivity contribution in [3.05, 3.63) is 47.9 Å². The highest BCUT2D eigenvalue weighted by Gasteiger charge is 2.32. The molecular formula is C27H30F4N8O2. The van der Waals surface area contributed by atoms with Crippen LogP contribution in [-0.2, 0) is 26.1 Å². The number of carbonyl (C=O) groups is 1. The number of imidazole rings is 1. The van der Waals surface area contributed by atoms with Crippen LogP contribution in [0.15, 0.2) is 35.0 Å². The summed E-state index contributed by atoms with van der Waals surface area (Å²) in [6.07, 6.45) is -0.496. The molecule has 41 heavy (non-hydrogen) atoms. The van der Waals surface area contributed by atoms with Crippen LogP contribution in [0.2, 0.25) is 0 Å². The minimum Gasteiger partial charge on any atom is -0.379 e. The number of nitrogens with one attached hydrogen (secondary N) is 2. The molecule has 3 aromatic heterocycles. The van der Waals surface area contributed by atoms with Gasteiger partial charge in [-0.1, -0.05) is 11.2 Å². The number of hydrogen-bond acceptors (Lipinski definition) is 7. The van der Waals surface area contributed by atoms with Crippen molar-refractivity contribution in [2.45, 2.75) is 63.7 Å². The summed E-state index contributed by atoms with van der Waals surface area (Å²) in [5, 5.41) is 10.3. The Bertz CT molecular complexity index is 1530. The number of anilines is 1. The number of fused-ring (bicyclic) bond motifs is 2. The highest BCUT2D eigenvalue weighted by atomic mass is 19.4. The number of aryl methyl sites for hydroxylation is 2. The fraction of sp³-hybridized carbons (Fsp3) is 0.481. The van der Waals surface area contributed by atoms with Gasteiger partial charge in [-0.2, -0.15) is 18.2 Å². The molecule has 10 nitrogen and oxygen atoms in total. The molecule has 1 aromatic carbocycles. The number of likely N-dealkylation sites (tertiary alicyclic amines) is 1. The number of aromatic nitrogens is 5. The molecule has 0 bridgehead atoms. The van der Waals surface area contributed by atoms with E-state index >= 15 is 0 Å². The van der Waals surface area contributed by atoms with Gasteiger partial charge in [-0.3, -0.25) is 4.79 Å². The number of carbonyl (C=O) groups excluding carboxylic acids is 1. The van der Waals surface area contributed by atoms with Gasteiger partial charge in [0, 0.05) is 43.3 Å². The van der Waals surface area contributed by atoms with E-state index in [0.717, 1.165) is 36.2 Å². The Hall–Kier alpha value is -3.94. The molecular weight excluding hydrogens is 544 g/mol. The molecule has 0 aliphatic carbocycles. The normalized spacial score (nSPS) is 19.8. The van der Waals surface area contributed by atoms with Gasteiger partial charge in [-0.25, -0.2) is 9.37 Å². The average molecular weight is 575 g/mol. The molecule has 5 heterocycles. The summed E-state index contributed by atoms with van der Waals surface area (Å²) in [5.41, 5.74) is 1.21. The first-order chi connectivity index (χ1) is 19.6. The Morgan fingerprint density at radius 1 is 1.20 bits per heavy atom. The molecule has 4 aromatic rings. The summed E-state index contributed by atoms with van der Waals surface area (Å²) < 4.78 is 64.0. The van der Waals surface area contributed by atoms with Crippen molar-refractivity contribution in [3.8, 4) is 11.5 Å². The molecule has 1 amide bonds. The zero-order valence-corrected chi connectivity index (χ0v) is 22.4. The van der Waals surface area contributed by atoms with Gasteiger partial charge in [0.1, 0.15) is 24.2 Å². The van der Waals surface area contributed by atoms with Crippen LogP contribution >= 0.6 is 0 Å². The molecule has 2 aliphatic heterocycles. The van der Waals surface area contributed by atoms with Crippen LogP contribution in [-0.4, -0.2) is 73.6 Å². The Morgan fingerprint density at radius 2 is 2.05 bits per heavy atom. The topological polar surface area (TPSA) is 106 Å². The fourth-order valence-corrected chi connectivity index (χ4v) is 5.56. The van der Waals surface area contributed by atoms with E-state index in [1.54, 1.807) is 30.5 Å². The summed E-state index contributed by atoms with van der Waals surface area (Å²) in [6.45, 7) is 0.409. The lowest BCUT2D eigenvalue weighted by Crippen LogP contribution is -2.46. The van der Waals surface area contributed by atoms with Crippen LogP contribution in [0.5, 0.6) is 0 Å². The zero-order chi connectivity index (χ0) is 28.7. The van der Waals surface area contributed by atoms with E-state index in [4.69, 9.17) is 4.52 Å². The third-order valence-electron chi connectivity index (χ3n) is 7.61. The van der Waals surface area contributed by atoms with Crippen molar-refractivity contribution < 1.29 is 26.9 Å². The number of rotatable bonds is 7. The zero-order valence-electron chi connectivity index (χ0n) is 22.4. The third-order valence-corrected chi connectivity index (χ3v) is 7.61. The molecule has 2 aliphatic rings. The number of benzene rings is 1. The monoisotopic (exact) mass is 574 g/mol. The lowest BCUT2D eigenvalue weighted by atomic mass is 10.0. The van der Waals surface area contributed by atoms with Crippen molar-refractivity contribution >= 4 is 22.5 Å². The van der Waals surface area contributed by atoms with Crippen molar-refractivity contribution in [1.29, 1.82) is 0 Å². The number of halogens is 4. The van der Waals surface area contributed by atoms with E-state index in [-0.39, 0.29) is 36.2 Å². The quantitative estimate of drug-likeness (QED) is 0.319. The van der Waals surface area contributed by atoms with Gasteiger partial charge in [0.15, 0.2) is 0 Å². The Labute approximate surface area is 232 Å². The van der Waals surface area contributed by atoms with E-state index in [1.165, 1.54) is 0 Å².